The monoisotopic (exact) mass is 401 g/mol. The lowest BCUT2D eigenvalue weighted by molar-refractivity contribution is 0.0963. The van der Waals surface area contributed by atoms with Crippen molar-refractivity contribution in [3.05, 3.63) is 48.3 Å². The molecule has 0 aliphatic carbocycles. The minimum atomic E-state index is -0.576. The Bertz CT molecular complexity index is 886. The van der Waals surface area contributed by atoms with Gasteiger partial charge in [-0.1, -0.05) is 12.1 Å². The third-order valence-electron chi connectivity index (χ3n) is 5.37. The Morgan fingerprint density at radius 3 is 2.41 bits per heavy atom. The van der Waals surface area contributed by atoms with Crippen LogP contribution >= 0.6 is 0 Å². The van der Waals surface area contributed by atoms with E-state index in [1.54, 1.807) is 19.2 Å². The molecule has 2 aromatic carbocycles. The number of hydrogen-bond acceptors (Lipinski definition) is 6. The van der Waals surface area contributed by atoms with Gasteiger partial charge in [0.05, 0.1) is 37.3 Å². The fourth-order valence-corrected chi connectivity index (χ4v) is 3.83. The second-order valence-electron chi connectivity index (χ2n) is 7.08. The van der Waals surface area contributed by atoms with Crippen LogP contribution in [0.5, 0.6) is 5.75 Å². The van der Waals surface area contributed by atoms with E-state index >= 15 is 0 Å². The standard InChI is InChI=1S/C21H24FN3O4/c1-28-20-5-3-2-4-19(20)24-10-8-23(9-11-24)18-7-6-15(12-17(18)22)25-13-16(14-26)29-21(25)27/h2-7,12,16,26H,8-11,13-14H2,1H3/t16-/m1/s1. The number of carbonyl (C=O) groups is 1. The summed E-state index contributed by atoms with van der Waals surface area (Å²) >= 11 is 0. The number of hydrogen-bond donors (Lipinski definition) is 1. The number of anilines is 3. The van der Waals surface area contributed by atoms with Crippen molar-refractivity contribution in [1.29, 1.82) is 0 Å². The minimum Gasteiger partial charge on any atom is -0.495 e. The van der Waals surface area contributed by atoms with Gasteiger partial charge in [0, 0.05) is 26.2 Å². The van der Waals surface area contributed by atoms with E-state index in [9.17, 15) is 9.18 Å². The predicted octanol–water partition coefficient (Wildman–Crippen LogP) is 2.48. The highest BCUT2D eigenvalue weighted by atomic mass is 19.1. The number of cyclic esters (lactones) is 1. The zero-order valence-electron chi connectivity index (χ0n) is 16.3. The summed E-state index contributed by atoms with van der Waals surface area (Å²) in [6.45, 7) is 2.81. The van der Waals surface area contributed by atoms with E-state index in [1.165, 1.54) is 11.0 Å². The van der Waals surface area contributed by atoms with Crippen LogP contribution in [-0.4, -0.2) is 63.7 Å². The fourth-order valence-electron chi connectivity index (χ4n) is 3.83. The van der Waals surface area contributed by atoms with Crippen LogP contribution in [0.2, 0.25) is 0 Å². The van der Waals surface area contributed by atoms with Crippen LogP contribution < -0.4 is 19.4 Å². The summed E-state index contributed by atoms with van der Waals surface area (Å²) in [5, 5.41) is 9.16. The summed E-state index contributed by atoms with van der Waals surface area (Å²) < 4.78 is 25.3. The first-order chi connectivity index (χ1) is 14.1. The van der Waals surface area contributed by atoms with Crippen molar-refractivity contribution >= 4 is 23.2 Å². The lowest BCUT2D eigenvalue weighted by Crippen LogP contribution is -2.47. The van der Waals surface area contributed by atoms with E-state index in [4.69, 9.17) is 14.6 Å². The molecule has 2 fully saturated rings. The maximum Gasteiger partial charge on any atom is 0.414 e. The maximum absolute atomic E-state index is 14.8. The Morgan fingerprint density at radius 2 is 1.79 bits per heavy atom. The Balaban J connectivity index is 1.44. The third kappa shape index (κ3) is 3.80. The molecule has 2 aromatic rings. The van der Waals surface area contributed by atoms with Crippen LogP contribution in [0.25, 0.3) is 0 Å². The van der Waals surface area contributed by atoms with Crippen LogP contribution in [0.4, 0.5) is 26.2 Å². The number of amides is 1. The molecule has 2 aliphatic heterocycles. The molecule has 0 unspecified atom stereocenters. The van der Waals surface area contributed by atoms with Crippen molar-refractivity contribution in [2.75, 3.05) is 61.1 Å². The number of rotatable bonds is 5. The van der Waals surface area contributed by atoms with Gasteiger partial charge in [0.1, 0.15) is 17.7 Å². The zero-order chi connectivity index (χ0) is 20.4. The molecule has 7 nitrogen and oxygen atoms in total. The summed E-state index contributed by atoms with van der Waals surface area (Å²) in [4.78, 5) is 17.5. The van der Waals surface area contributed by atoms with Crippen molar-refractivity contribution in [2.45, 2.75) is 6.10 Å². The van der Waals surface area contributed by atoms with Crippen molar-refractivity contribution in [3.8, 4) is 5.75 Å². The Labute approximate surface area is 168 Å². The minimum absolute atomic E-state index is 0.214. The molecule has 0 aromatic heterocycles. The van der Waals surface area contributed by atoms with Crippen LogP contribution in [0.3, 0.4) is 0 Å². The summed E-state index contributed by atoms with van der Waals surface area (Å²) in [6, 6.07) is 12.6. The molecule has 29 heavy (non-hydrogen) atoms. The van der Waals surface area contributed by atoms with Gasteiger partial charge < -0.3 is 24.4 Å². The van der Waals surface area contributed by atoms with Gasteiger partial charge >= 0.3 is 6.09 Å². The fraction of sp³-hybridized carbons (Fsp3) is 0.381. The normalized spacial score (nSPS) is 19.5. The molecule has 2 saturated heterocycles. The van der Waals surface area contributed by atoms with Crippen molar-refractivity contribution in [3.63, 3.8) is 0 Å². The topological polar surface area (TPSA) is 65.5 Å². The number of piperazine rings is 1. The first kappa shape index (κ1) is 19.3. The molecule has 1 atom stereocenters. The van der Waals surface area contributed by atoms with E-state index in [0.717, 1.165) is 24.5 Å². The van der Waals surface area contributed by atoms with Crippen LogP contribution in [-0.2, 0) is 4.74 Å². The van der Waals surface area contributed by atoms with Crippen molar-refractivity contribution < 1.29 is 23.8 Å². The van der Waals surface area contributed by atoms with E-state index in [2.05, 4.69) is 4.90 Å². The second-order valence-corrected chi connectivity index (χ2v) is 7.08. The first-order valence-electron chi connectivity index (χ1n) is 9.62. The highest BCUT2D eigenvalue weighted by molar-refractivity contribution is 5.90. The van der Waals surface area contributed by atoms with Crippen LogP contribution in [0.1, 0.15) is 0 Å². The maximum atomic E-state index is 14.8. The third-order valence-corrected chi connectivity index (χ3v) is 5.37. The highest BCUT2D eigenvalue weighted by Crippen LogP contribution is 2.31. The number of methoxy groups -OCH3 is 1. The summed E-state index contributed by atoms with van der Waals surface area (Å²) in [5.41, 5.74) is 1.98. The summed E-state index contributed by atoms with van der Waals surface area (Å²) in [5.74, 6) is 0.448. The molecule has 0 saturated carbocycles. The number of nitrogens with zero attached hydrogens (tertiary/aromatic N) is 3. The molecule has 0 spiro atoms. The lowest BCUT2D eigenvalue weighted by atomic mass is 10.2. The van der Waals surface area contributed by atoms with Gasteiger partial charge in [-0.2, -0.15) is 0 Å². The average Bonchev–Trinajstić information content (AvgIpc) is 3.14. The average molecular weight is 401 g/mol. The van der Waals surface area contributed by atoms with Gasteiger partial charge in [0.25, 0.3) is 0 Å². The highest BCUT2D eigenvalue weighted by Gasteiger charge is 2.32. The van der Waals surface area contributed by atoms with Gasteiger partial charge in [0.15, 0.2) is 0 Å². The molecular weight excluding hydrogens is 377 g/mol. The van der Waals surface area contributed by atoms with Gasteiger partial charge in [-0.3, -0.25) is 4.90 Å². The van der Waals surface area contributed by atoms with Crippen molar-refractivity contribution in [2.24, 2.45) is 0 Å². The summed E-state index contributed by atoms with van der Waals surface area (Å²) in [7, 11) is 1.66. The molecular formula is C21H24FN3O4. The molecule has 8 heteroatoms. The molecule has 0 bridgehead atoms. The molecule has 2 aliphatic rings. The number of benzene rings is 2. The smallest absolute Gasteiger partial charge is 0.414 e. The van der Waals surface area contributed by atoms with Crippen molar-refractivity contribution in [1.82, 2.24) is 0 Å². The molecule has 154 valence electrons. The van der Waals surface area contributed by atoms with Gasteiger partial charge in [-0.25, -0.2) is 9.18 Å². The van der Waals surface area contributed by atoms with E-state index in [0.29, 0.717) is 24.5 Å². The van der Waals surface area contributed by atoms with E-state index < -0.39 is 12.2 Å². The summed E-state index contributed by atoms with van der Waals surface area (Å²) in [6.07, 6.45) is -1.14. The number of halogens is 1. The number of carbonyl (C=O) groups excluding carboxylic acids is 1. The predicted molar refractivity (Wildman–Crippen MR) is 109 cm³/mol. The quantitative estimate of drug-likeness (QED) is 0.831. The zero-order valence-corrected chi connectivity index (χ0v) is 16.3. The van der Waals surface area contributed by atoms with Gasteiger partial charge in [-0.05, 0) is 30.3 Å². The molecule has 1 amide bonds. The Hall–Kier alpha value is -3.00. The van der Waals surface area contributed by atoms with Crippen LogP contribution in [0.15, 0.2) is 42.5 Å². The van der Waals surface area contributed by atoms with Gasteiger partial charge in [-0.15, -0.1) is 0 Å². The largest absolute Gasteiger partial charge is 0.495 e. The first-order valence-corrected chi connectivity index (χ1v) is 9.62. The number of ether oxygens (including phenoxy) is 2. The molecule has 4 rings (SSSR count). The number of para-hydroxylation sites is 2. The van der Waals surface area contributed by atoms with E-state index in [-0.39, 0.29) is 19.0 Å². The molecule has 0 radical (unpaired) electrons. The second kappa shape index (κ2) is 8.16. The Morgan fingerprint density at radius 1 is 1.10 bits per heavy atom. The van der Waals surface area contributed by atoms with E-state index in [1.807, 2.05) is 29.2 Å². The van der Waals surface area contributed by atoms with Crippen LogP contribution in [0, 0.1) is 5.82 Å². The number of aliphatic hydroxyl groups excluding tert-OH is 1. The lowest BCUT2D eigenvalue weighted by Gasteiger charge is -2.38. The SMILES string of the molecule is COc1ccccc1N1CCN(c2ccc(N3C[C@H](CO)OC3=O)cc2F)CC1. The molecule has 2 heterocycles. The Kier molecular flexibility index (Phi) is 5.44. The van der Waals surface area contributed by atoms with Gasteiger partial charge in [0.2, 0.25) is 0 Å². The molecule has 1 N–H and O–H groups in total. The number of aliphatic hydroxyl groups is 1.